The Bertz CT molecular complexity index is 1240. The van der Waals surface area contributed by atoms with Gasteiger partial charge in [-0.2, -0.15) is 0 Å². The number of thioether (sulfide) groups is 1. The van der Waals surface area contributed by atoms with Crippen LogP contribution in [0, 0.1) is 16.0 Å². The quantitative estimate of drug-likeness (QED) is 0.277. The van der Waals surface area contributed by atoms with Crippen molar-refractivity contribution >= 4 is 40.3 Å². The number of nitrogens with zero attached hydrogens (tertiary/aromatic N) is 2. The molecular formula is C27H32N4O7S. The number of carboxylic acid groups (broad SMARTS) is 1. The molecule has 1 heterocycles. The zero-order valence-electron chi connectivity index (χ0n) is 22.0. The first-order valence-electron chi connectivity index (χ1n) is 12.6. The van der Waals surface area contributed by atoms with E-state index in [2.05, 4.69) is 15.6 Å². The summed E-state index contributed by atoms with van der Waals surface area (Å²) in [6.45, 7) is 5.02. The van der Waals surface area contributed by atoms with E-state index in [1.54, 1.807) is 24.3 Å². The van der Waals surface area contributed by atoms with E-state index in [-0.39, 0.29) is 23.1 Å². The smallest absolute Gasteiger partial charge is 0.326 e. The number of carbonyl (C=O) groups is 4. The van der Waals surface area contributed by atoms with Crippen LogP contribution in [0.15, 0.2) is 42.6 Å². The molecule has 3 N–H and O–H groups in total. The fourth-order valence-corrected chi connectivity index (χ4v) is 5.39. The van der Waals surface area contributed by atoms with Crippen LogP contribution in [-0.4, -0.2) is 54.7 Å². The minimum atomic E-state index is -1.27. The molecule has 0 bridgehead atoms. The van der Waals surface area contributed by atoms with Crippen molar-refractivity contribution in [3.05, 3.63) is 58.3 Å². The van der Waals surface area contributed by atoms with Gasteiger partial charge >= 0.3 is 5.97 Å². The van der Waals surface area contributed by atoms with Gasteiger partial charge in [0.25, 0.3) is 5.69 Å². The Morgan fingerprint density at radius 1 is 1.15 bits per heavy atom. The van der Waals surface area contributed by atoms with Gasteiger partial charge in [0.15, 0.2) is 5.12 Å². The van der Waals surface area contributed by atoms with Gasteiger partial charge in [-0.1, -0.05) is 56.7 Å². The Balaban J connectivity index is 1.74. The van der Waals surface area contributed by atoms with Crippen molar-refractivity contribution in [2.24, 2.45) is 5.92 Å². The maximum Gasteiger partial charge on any atom is 0.326 e. The summed E-state index contributed by atoms with van der Waals surface area (Å²) >= 11 is 0.915. The summed E-state index contributed by atoms with van der Waals surface area (Å²) in [5, 5.41) is 25.5. The van der Waals surface area contributed by atoms with Crippen molar-refractivity contribution in [3.8, 4) is 11.3 Å². The second-order valence-corrected chi connectivity index (χ2v) is 11.3. The minimum absolute atomic E-state index is 0.0534. The molecule has 0 saturated heterocycles. The fraction of sp³-hybridized carbons (Fsp3) is 0.444. The highest BCUT2D eigenvalue weighted by molar-refractivity contribution is 8.14. The van der Waals surface area contributed by atoms with Crippen molar-refractivity contribution < 1.29 is 29.2 Å². The molecule has 1 aliphatic carbocycles. The monoisotopic (exact) mass is 556 g/mol. The SMILES string of the molecule is CC(=O)SC(C(=O)NC1(C(=O)NC(Cc2ccc(-c3cccc([N+](=O)[O-])c3)nc2)C(=O)O)CCCC1)C(C)C. The number of amides is 2. The Morgan fingerprint density at radius 2 is 1.85 bits per heavy atom. The second kappa shape index (κ2) is 12.8. The van der Waals surface area contributed by atoms with Gasteiger partial charge in [-0.3, -0.25) is 29.5 Å². The van der Waals surface area contributed by atoms with Crippen LogP contribution in [0.4, 0.5) is 5.69 Å². The van der Waals surface area contributed by atoms with E-state index >= 15 is 0 Å². The minimum Gasteiger partial charge on any atom is -0.480 e. The lowest BCUT2D eigenvalue weighted by Gasteiger charge is -2.32. The molecule has 0 radical (unpaired) electrons. The summed E-state index contributed by atoms with van der Waals surface area (Å²) < 4.78 is 0. The average molecular weight is 557 g/mol. The van der Waals surface area contributed by atoms with Crippen molar-refractivity contribution in [2.45, 2.75) is 69.7 Å². The molecule has 3 rings (SSSR count). The molecular weight excluding hydrogens is 524 g/mol. The number of aliphatic carboxylic acids is 1. The third-order valence-electron chi connectivity index (χ3n) is 6.63. The first-order valence-corrected chi connectivity index (χ1v) is 13.5. The topological polar surface area (TPSA) is 169 Å². The zero-order valence-corrected chi connectivity index (χ0v) is 22.8. The number of hydrogen-bond donors (Lipinski definition) is 3. The van der Waals surface area contributed by atoms with E-state index in [0.717, 1.165) is 11.8 Å². The first kappa shape index (κ1) is 29.8. The van der Waals surface area contributed by atoms with Crippen molar-refractivity contribution in [3.63, 3.8) is 0 Å². The number of hydrogen-bond acceptors (Lipinski definition) is 8. The van der Waals surface area contributed by atoms with Gasteiger partial charge in [0.1, 0.15) is 11.6 Å². The first-order chi connectivity index (χ1) is 18.4. The molecule has 2 amide bonds. The number of nitro benzene ring substituents is 1. The molecule has 0 spiro atoms. The van der Waals surface area contributed by atoms with Gasteiger partial charge in [-0.15, -0.1) is 0 Å². The number of nitro groups is 1. The van der Waals surface area contributed by atoms with Crippen LogP contribution in [0.25, 0.3) is 11.3 Å². The van der Waals surface area contributed by atoms with Crippen molar-refractivity contribution in [2.75, 3.05) is 0 Å². The predicted molar refractivity (Wildman–Crippen MR) is 146 cm³/mol. The number of carboxylic acids is 1. The maximum atomic E-state index is 13.4. The van der Waals surface area contributed by atoms with Crippen LogP contribution >= 0.6 is 11.8 Å². The molecule has 2 unspecified atom stereocenters. The summed E-state index contributed by atoms with van der Waals surface area (Å²) in [4.78, 5) is 65.1. The molecule has 12 heteroatoms. The lowest BCUT2D eigenvalue weighted by atomic mass is 9.94. The molecule has 1 saturated carbocycles. The lowest BCUT2D eigenvalue weighted by Crippen LogP contribution is -2.61. The van der Waals surface area contributed by atoms with Gasteiger partial charge in [-0.25, -0.2) is 4.79 Å². The molecule has 0 aliphatic heterocycles. The zero-order chi connectivity index (χ0) is 28.7. The Labute approximate surface area is 230 Å². The van der Waals surface area contributed by atoms with E-state index in [9.17, 15) is 34.4 Å². The van der Waals surface area contributed by atoms with Gasteiger partial charge in [0.05, 0.1) is 15.9 Å². The van der Waals surface area contributed by atoms with E-state index in [1.165, 1.54) is 25.3 Å². The Kier molecular flexibility index (Phi) is 9.79. The van der Waals surface area contributed by atoms with Crippen LogP contribution in [0.5, 0.6) is 0 Å². The largest absolute Gasteiger partial charge is 0.480 e. The average Bonchev–Trinajstić information content (AvgIpc) is 3.36. The maximum absolute atomic E-state index is 13.4. The summed E-state index contributed by atoms with van der Waals surface area (Å²) in [7, 11) is 0. The van der Waals surface area contributed by atoms with Crippen molar-refractivity contribution in [1.82, 2.24) is 15.6 Å². The highest BCUT2D eigenvalue weighted by Gasteiger charge is 2.45. The van der Waals surface area contributed by atoms with E-state index in [1.807, 2.05) is 13.8 Å². The summed E-state index contributed by atoms with van der Waals surface area (Å²) in [5.74, 6) is -2.38. The number of non-ortho nitro benzene ring substituents is 1. The predicted octanol–water partition coefficient (Wildman–Crippen LogP) is 3.50. The molecule has 11 nitrogen and oxygen atoms in total. The van der Waals surface area contributed by atoms with Crippen molar-refractivity contribution in [1.29, 1.82) is 0 Å². The third-order valence-corrected chi connectivity index (χ3v) is 7.98. The van der Waals surface area contributed by atoms with E-state index in [4.69, 9.17) is 0 Å². The highest BCUT2D eigenvalue weighted by atomic mass is 32.2. The molecule has 1 fully saturated rings. The van der Waals surface area contributed by atoms with Crippen LogP contribution < -0.4 is 10.6 Å². The fourth-order valence-electron chi connectivity index (χ4n) is 4.59. The summed E-state index contributed by atoms with van der Waals surface area (Å²) in [6, 6.07) is 8.03. The summed E-state index contributed by atoms with van der Waals surface area (Å²) in [6.07, 6.45) is 3.54. The third kappa shape index (κ3) is 7.62. The number of nitrogens with one attached hydrogen (secondary N) is 2. The Hall–Kier alpha value is -3.80. The number of aromatic nitrogens is 1. The molecule has 39 heavy (non-hydrogen) atoms. The van der Waals surface area contributed by atoms with E-state index in [0.29, 0.717) is 42.5 Å². The molecule has 208 valence electrons. The number of rotatable bonds is 11. The number of carbonyl (C=O) groups excluding carboxylic acids is 3. The highest BCUT2D eigenvalue weighted by Crippen LogP contribution is 2.32. The molecule has 2 aromatic rings. The standard InChI is InChI=1S/C27H32N4O7S/c1-16(2)23(39-17(3)32)24(33)30-27(11-4-5-12-27)26(36)29-22(25(34)35)13-18-9-10-21(28-15-18)19-7-6-8-20(14-19)31(37)38/h6-10,14-16,22-23H,4-5,11-13H2,1-3H3,(H,29,36)(H,30,33)(H,34,35). The number of benzene rings is 1. The molecule has 1 aliphatic rings. The summed E-state index contributed by atoms with van der Waals surface area (Å²) in [5.41, 5.74) is 0.243. The van der Waals surface area contributed by atoms with Gasteiger partial charge < -0.3 is 15.7 Å². The lowest BCUT2D eigenvalue weighted by molar-refractivity contribution is -0.384. The van der Waals surface area contributed by atoms with Crippen LogP contribution in [0.2, 0.25) is 0 Å². The Morgan fingerprint density at radius 3 is 2.38 bits per heavy atom. The molecule has 1 aromatic heterocycles. The van der Waals surface area contributed by atoms with Crippen LogP contribution in [0.1, 0.15) is 52.0 Å². The number of pyridine rings is 1. The van der Waals surface area contributed by atoms with Crippen LogP contribution in [0.3, 0.4) is 0 Å². The normalized spacial score (nSPS) is 15.8. The van der Waals surface area contributed by atoms with Gasteiger partial charge in [0.2, 0.25) is 11.8 Å². The molecule has 2 atom stereocenters. The molecule has 1 aromatic carbocycles. The van der Waals surface area contributed by atoms with E-state index < -0.39 is 39.5 Å². The van der Waals surface area contributed by atoms with Gasteiger partial charge in [0, 0.05) is 37.2 Å². The van der Waals surface area contributed by atoms with Crippen LogP contribution in [-0.2, 0) is 25.6 Å². The van der Waals surface area contributed by atoms with Gasteiger partial charge in [-0.05, 0) is 30.4 Å². The second-order valence-electron chi connectivity index (χ2n) is 9.98.